The maximum atomic E-state index is 12.7. The molecule has 2 heterocycles. The molecule has 6 nitrogen and oxygen atoms in total. The number of nitrogens with zero attached hydrogens (tertiary/aromatic N) is 2. The fourth-order valence-electron chi connectivity index (χ4n) is 3.54. The normalized spacial score (nSPS) is 18.7. The third kappa shape index (κ3) is 7.42. The van der Waals surface area contributed by atoms with Gasteiger partial charge in [0.2, 0.25) is 5.91 Å². The molecule has 0 unspecified atom stereocenters. The first-order valence-corrected chi connectivity index (χ1v) is 12.2. The van der Waals surface area contributed by atoms with Crippen LogP contribution in [-0.4, -0.2) is 71.9 Å². The van der Waals surface area contributed by atoms with E-state index in [0.717, 1.165) is 51.3 Å². The summed E-state index contributed by atoms with van der Waals surface area (Å²) in [6.07, 6.45) is 4.81. The van der Waals surface area contributed by atoms with E-state index in [4.69, 9.17) is 17.0 Å². The van der Waals surface area contributed by atoms with Crippen LogP contribution in [0.2, 0.25) is 0 Å². The van der Waals surface area contributed by atoms with E-state index in [2.05, 4.69) is 29.3 Å². The molecule has 3 rings (SSSR count). The highest BCUT2D eigenvalue weighted by Crippen LogP contribution is 2.32. The van der Waals surface area contributed by atoms with Crippen molar-refractivity contribution in [1.82, 2.24) is 15.1 Å². The molecule has 1 aromatic carbocycles. The molecule has 0 aromatic heterocycles. The summed E-state index contributed by atoms with van der Waals surface area (Å²) >= 11 is 6.72. The Hall–Kier alpha value is -1.74. The summed E-state index contributed by atoms with van der Waals surface area (Å²) in [6, 6.07) is 8.20. The molecule has 2 aliphatic heterocycles. The smallest absolute Gasteiger partial charge is 0.266 e. The highest BCUT2D eigenvalue weighted by molar-refractivity contribution is 8.26. The van der Waals surface area contributed by atoms with Crippen molar-refractivity contribution in [3.8, 4) is 0 Å². The number of rotatable bonds is 10. The van der Waals surface area contributed by atoms with Crippen LogP contribution in [0.5, 0.6) is 0 Å². The molecule has 0 aliphatic carbocycles. The van der Waals surface area contributed by atoms with Crippen LogP contribution in [-0.2, 0) is 20.7 Å². The van der Waals surface area contributed by atoms with E-state index in [0.29, 0.717) is 35.2 Å². The second kappa shape index (κ2) is 12.3. The monoisotopic (exact) mass is 461 g/mol. The lowest BCUT2D eigenvalue weighted by Crippen LogP contribution is -2.38. The topological polar surface area (TPSA) is 61.9 Å². The SMILES string of the molecule is CCc1ccc(/C=C2\SC(=S)N(CCCC(=O)NCCCN3CCOCC3)C2=O)cc1. The molecule has 168 valence electrons. The summed E-state index contributed by atoms with van der Waals surface area (Å²) in [4.78, 5) is 29.4. The summed E-state index contributed by atoms with van der Waals surface area (Å²) in [5.74, 6) is -0.0422. The molecule has 8 heteroatoms. The third-order valence-corrected chi connectivity index (χ3v) is 6.80. The first kappa shape index (κ1) is 23.9. The largest absolute Gasteiger partial charge is 0.379 e. The first-order valence-electron chi connectivity index (χ1n) is 11.0. The zero-order valence-electron chi connectivity index (χ0n) is 18.1. The summed E-state index contributed by atoms with van der Waals surface area (Å²) < 4.78 is 5.90. The fraction of sp³-hybridized carbons (Fsp3) is 0.522. The minimum atomic E-state index is -0.0690. The quantitative estimate of drug-likeness (QED) is 0.328. The number of nitrogens with one attached hydrogen (secondary N) is 1. The number of benzene rings is 1. The van der Waals surface area contributed by atoms with Gasteiger partial charge in [-0.3, -0.25) is 19.4 Å². The van der Waals surface area contributed by atoms with Crippen LogP contribution >= 0.6 is 24.0 Å². The van der Waals surface area contributed by atoms with Gasteiger partial charge in [0.15, 0.2) is 0 Å². The van der Waals surface area contributed by atoms with Gasteiger partial charge in [-0.05, 0) is 43.0 Å². The maximum absolute atomic E-state index is 12.7. The highest BCUT2D eigenvalue weighted by atomic mass is 32.2. The number of hydrogen-bond donors (Lipinski definition) is 1. The van der Waals surface area contributed by atoms with Crippen LogP contribution in [0.4, 0.5) is 0 Å². The van der Waals surface area contributed by atoms with E-state index in [1.54, 1.807) is 4.90 Å². The molecule has 0 spiro atoms. The minimum absolute atomic E-state index is 0.0268. The molecule has 31 heavy (non-hydrogen) atoms. The lowest BCUT2D eigenvalue weighted by atomic mass is 10.1. The summed E-state index contributed by atoms with van der Waals surface area (Å²) in [5, 5.41) is 2.97. The van der Waals surface area contributed by atoms with Crippen LogP contribution < -0.4 is 5.32 Å². The van der Waals surface area contributed by atoms with Crippen molar-refractivity contribution >= 4 is 46.2 Å². The van der Waals surface area contributed by atoms with Gasteiger partial charge in [-0.25, -0.2) is 0 Å². The number of carbonyl (C=O) groups excluding carboxylic acids is 2. The number of ether oxygens (including phenoxy) is 1. The van der Waals surface area contributed by atoms with Gasteiger partial charge in [0.05, 0.1) is 18.1 Å². The molecular weight excluding hydrogens is 430 g/mol. The molecule has 0 radical (unpaired) electrons. The number of thiocarbonyl (C=S) groups is 1. The summed E-state index contributed by atoms with van der Waals surface area (Å²) in [7, 11) is 0. The molecule has 2 aliphatic rings. The molecule has 0 atom stereocenters. The van der Waals surface area contributed by atoms with Gasteiger partial charge < -0.3 is 10.1 Å². The second-order valence-electron chi connectivity index (χ2n) is 7.69. The highest BCUT2D eigenvalue weighted by Gasteiger charge is 2.31. The van der Waals surface area contributed by atoms with Crippen molar-refractivity contribution in [2.75, 3.05) is 45.9 Å². The Morgan fingerprint density at radius 1 is 1.19 bits per heavy atom. The predicted molar refractivity (Wildman–Crippen MR) is 130 cm³/mol. The molecule has 2 amide bonds. The Kier molecular flexibility index (Phi) is 9.52. The zero-order chi connectivity index (χ0) is 22.1. The van der Waals surface area contributed by atoms with Crippen molar-refractivity contribution in [2.45, 2.75) is 32.6 Å². The van der Waals surface area contributed by atoms with Crippen molar-refractivity contribution < 1.29 is 14.3 Å². The zero-order valence-corrected chi connectivity index (χ0v) is 19.7. The molecule has 0 saturated carbocycles. The predicted octanol–water partition coefficient (Wildman–Crippen LogP) is 3.07. The number of morpholine rings is 1. The van der Waals surface area contributed by atoms with E-state index in [9.17, 15) is 9.59 Å². The maximum Gasteiger partial charge on any atom is 0.266 e. The standard InChI is InChI=1S/C23H31N3O3S2/c1-2-18-6-8-19(9-7-18)17-20-22(28)26(23(30)31-20)12-3-5-21(27)24-10-4-11-25-13-15-29-16-14-25/h6-9,17H,2-5,10-16H2,1H3,(H,24,27)/b20-17-. The average molecular weight is 462 g/mol. The van der Waals surface area contributed by atoms with Crippen molar-refractivity contribution in [2.24, 2.45) is 0 Å². The number of thioether (sulfide) groups is 1. The van der Waals surface area contributed by atoms with E-state index in [1.807, 2.05) is 18.2 Å². The van der Waals surface area contributed by atoms with Gasteiger partial charge in [-0.2, -0.15) is 0 Å². The van der Waals surface area contributed by atoms with Crippen molar-refractivity contribution in [3.05, 3.63) is 40.3 Å². The third-order valence-electron chi connectivity index (χ3n) is 5.42. The Morgan fingerprint density at radius 3 is 2.65 bits per heavy atom. The van der Waals surface area contributed by atoms with E-state index in [1.165, 1.54) is 17.3 Å². The van der Waals surface area contributed by atoms with Crippen LogP contribution in [0.3, 0.4) is 0 Å². The molecular formula is C23H31N3O3S2. The summed E-state index contributed by atoms with van der Waals surface area (Å²) in [6.45, 7) is 7.77. The Morgan fingerprint density at radius 2 is 1.94 bits per heavy atom. The number of amides is 2. The molecule has 1 aromatic rings. The number of hydrogen-bond acceptors (Lipinski definition) is 6. The number of aryl methyl sites for hydroxylation is 1. The van der Waals surface area contributed by atoms with Crippen molar-refractivity contribution in [1.29, 1.82) is 0 Å². The van der Waals surface area contributed by atoms with Gasteiger partial charge in [0, 0.05) is 32.6 Å². The molecule has 2 fully saturated rings. The van der Waals surface area contributed by atoms with Gasteiger partial charge in [-0.15, -0.1) is 0 Å². The molecule has 1 N–H and O–H groups in total. The van der Waals surface area contributed by atoms with Crippen LogP contribution in [0.25, 0.3) is 6.08 Å². The summed E-state index contributed by atoms with van der Waals surface area (Å²) in [5.41, 5.74) is 2.26. The van der Waals surface area contributed by atoms with Crippen LogP contribution in [0, 0.1) is 0 Å². The fourth-order valence-corrected chi connectivity index (χ4v) is 4.84. The Labute approximate surface area is 194 Å². The minimum Gasteiger partial charge on any atom is -0.379 e. The Bertz CT molecular complexity index is 805. The van der Waals surface area contributed by atoms with Gasteiger partial charge in [0.25, 0.3) is 5.91 Å². The van der Waals surface area contributed by atoms with Crippen LogP contribution in [0.1, 0.15) is 37.3 Å². The van der Waals surface area contributed by atoms with E-state index in [-0.39, 0.29) is 11.8 Å². The van der Waals surface area contributed by atoms with Crippen LogP contribution in [0.15, 0.2) is 29.2 Å². The van der Waals surface area contributed by atoms with Gasteiger partial charge in [-0.1, -0.05) is 55.2 Å². The van der Waals surface area contributed by atoms with Crippen molar-refractivity contribution in [3.63, 3.8) is 0 Å². The van der Waals surface area contributed by atoms with Gasteiger partial charge >= 0.3 is 0 Å². The number of carbonyl (C=O) groups is 2. The van der Waals surface area contributed by atoms with Gasteiger partial charge in [0.1, 0.15) is 4.32 Å². The Balaban J connectivity index is 1.36. The molecule has 2 saturated heterocycles. The lowest BCUT2D eigenvalue weighted by molar-refractivity contribution is -0.124. The lowest BCUT2D eigenvalue weighted by Gasteiger charge is -2.26. The second-order valence-corrected chi connectivity index (χ2v) is 9.37. The average Bonchev–Trinajstić information content (AvgIpc) is 3.05. The van der Waals surface area contributed by atoms with E-state index >= 15 is 0 Å². The first-order chi connectivity index (χ1) is 15.1. The molecule has 0 bridgehead atoms. The van der Waals surface area contributed by atoms with E-state index < -0.39 is 0 Å².